The van der Waals surface area contributed by atoms with Crippen molar-refractivity contribution in [1.29, 1.82) is 0 Å². The summed E-state index contributed by atoms with van der Waals surface area (Å²) in [6.07, 6.45) is -4.30. The van der Waals surface area contributed by atoms with Crippen LogP contribution in [0.25, 0.3) is 5.57 Å². The number of hydrogen-bond acceptors (Lipinski definition) is 0. The summed E-state index contributed by atoms with van der Waals surface area (Å²) in [4.78, 5) is 0. The summed E-state index contributed by atoms with van der Waals surface area (Å²) in [6.45, 7) is 9.63. The van der Waals surface area contributed by atoms with Crippen molar-refractivity contribution in [2.75, 3.05) is 0 Å². The minimum Gasteiger partial charge on any atom is -0.166 e. The summed E-state index contributed by atoms with van der Waals surface area (Å²) in [5.74, 6) is 0. The predicted molar refractivity (Wildman–Crippen MR) is 59.9 cm³/mol. The normalized spacial score (nSPS) is 12.6. The highest BCUT2D eigenvalue weighted by Crippen LogP contribution is 2.35. The van der Waals surface area contributed by atoms with Gasteiger partial charge in [0.1, 0.15) is 0 Å². The fourth-order valence-electron chi connectivity index (χ4n) is 1.32. The van der Waals surface area contributed by atoms with E-state index in [2.05, 4.69) is 6.58 Å². The molecule has 0 amide bonds. The molecule has 0 atom stereocenters. The van der Waals surface area contributed by atoms with E-state index in [1.54, 1.807) is 6.07 Å². The number of rotatable bonds is 1. The van der Waals surface area contributed by atoms with Crippen molar-refractivity contribution in [1.82, 2.24) is 0 Å². The van der Waals surface area contributed by atoms with Crippen molar-refractivity contribution < 1.29 is 13.2 Å². The van der Waals surface area contributed by atoms with Crippen LogP contribution in [0.1, 0.15) is 31.9 Å². The van der Waals surface area contributed by atoms with Crippen molar-refractivity contribution >= 4 is 5.57 Å². The Labute approximate surface area is 93.8 Å². The SMILES string of the molecule is C=C(c1cccc(C(F)(F)F)c1)C(C)(C)C. The smallest absolute Gasteiger partial charge is 0.166 e. The van der Waals surface area contributed by atoms with Gasteiger partial charge < -0.3 is 0 Å². The first-order chi connectivity index (χ1) is 7.12. The number of alkyl halides is 3. The molecule has 16 heavy (non-hydrogen) atoms. The Morgan fingerprint density at radius 1 is 1.12 bits per heavy atom. The number of hydrogen-bond donors (Lipinski definition) is 0. The van der Waals surface area contributed by atoms with Gasteiger partial charge in [-0.1, -0.05) is 39.5 Å². The van der Waals surface area contributed by atoms with E-state index in [1.165, 1.54) is 6.07 Å². The first-order valence-electron chi connectivity index (χ1n) is 4.99. The highest BCUT2D eigenvalue weighted by molar-refractivity contribution is 5.67. The van der Waals surface area contributed by atoms with Crippen LogP contribution in [-0.2, 0) is 6.18 Å². The highest BCUT2D eigenvalue weighted by Gasteiger charge is 2.31. The van der Waals surface area contributed by atoms with Gasteiger partial charge in [-0.05, 0) is 28.7 Å². The second-order valence-corrected chi connectivity index (χ2v) is 4.81. The molecule has 0 aliphatic heterocycles. The Balaban J connectivity index is 3.14. The average Bonchev–Trinajstić information content (AvgIpc) is 2.14. The number of allylic oxidation sites excluding steroid dienone is 1. The van der Waals surface area contributed by atoms with Crippen LogP contribution in [0.3, 0.4) is 0 Å². The fraction of sp³-hybridized carbons (Fsp3) is 0.385. The molecule has 0 saturated heterocycles. The van der Waals surface area contributed by atoms with Crippen LogP contribution >= 0.6 is 0 Å². The standard InChI is InChI=1S/C13H15F3/c1-9(12(2,3)4)10-6-5-7-11(8-10)13(14,15)16/h5-8H,1H2,2-4H3. The summed E-state index contributed by atoms with van der Waals surface area (Å²) in [7, 11) is 0. The molecule has 88 valence electrons. The molecule has 0 nitrogen and oxygen atoms in total. The first-order valence-corrected chi connectivity index (χ1v) is 4.99. The van der Waals surface area contributed by atoms with Gasteiger partial charge in [-0.3, -0.25) is 0 Å². The van der Waals surface area contributed by atoms with Crippen molar-refractivity contribution in [3.8, 4) is 0 Å². The van der Waals surface area contributed by atoms with Gasteiger partial charge in [0, 0.05) is 0 Å². The second-order valence-electron chi connectivity index (χ2n) is 4.81. The van der Waals surface area contributed by atoms with Gasteiger partial charge in [0.25, 0.3) is 0 Å². The quantitative estimate of drug-likeness (QED) is 0.649. The van der Waals surface area contributed by atoms with E-state index in [-0.39, 0.29) is 5.41 Å². The Morgan fingerprint density at radius 2 is 1.69 bits per heavy atom. The highest BCUT2D eigenvalue weighted by atomic mass is 19.4. The molecule has 0 N–H and O–H groups in total. The van der Waals surface area contributed by atoms with Gasteiger partial charge in [-0.15, -0.1) is 0 Å². The maximum absolute atomic E-state index is 12.5. The molecule has 0 aliphatic rings. The molecule has 0 spiro atoms. The topological polar surface area (TPSA) is 0 Å². The number of halogens is 3. The zero-order valence-corrected chi connectivity index (χ0v) is 9.65. The minimum atomic E-state index is -4.30. The largest absolute Gasteiger partial charge is 0.416 e. The van der Waals surface area contributed by atoms with Crippen LogP contribution in [0.2, 0.25) is 0 Å². The molecule has 1 aromatic rings. The van der Waals surface area contributed by atoms with Gasteiger partial charge >= 0.3 is 6.18 Å². The van der Waals surface area contributed by atoms with E-state index >= 15 is 0 Å². The molecule has 0 unspecified atom stereocenters. The van der Waals surface area contributed by atoms with E-state index in [4.69, 9.17) is 0 Å². The Kier molecular flexibility index (Phi) is 3.17. The first kappa shape index (κ1) is 12.8. The zero-order chi connectivity index (χ0) is 12.6. The van der Waals surface area contributed by atoms with Crippen LogP contribution < -0.4 is 0 Å². The lowest BCUT2D eigenvalue weighted by molar-refractivity contribution is -0.137. The summed E-state index contributed by atoms with van der Waals surface area (Å²) >= 11 is 0. The summed E-state index contributed by atoms with van der Waals surface area (Å²) < 4.78 is 37.5. The maximum Gasteiger partial charge on any atom is 0.416 e. The molecule has 0 heterocycles. The molecule has 0 fully saturated rings. The molecule has 0 aliphatic carbocycles. The molecule has 1 rings (SSSR count). The zero-order valence-electron chi connectivity index (χ0n) is 9.65. The van der Waals surface area contributed by atoms with Gasteiger partial charge in [-0.25, -0.2) is 0 Å². The number of benzene rings is 1. The van der Waals surface area contributed by atoms with E-state index in [9.17, 15) is 13.2 Å². The lowest BCUT2D eigenvalue weighted by Gasteiger charge is -2.22. The molecule has 0 saturated carbocycles. The predicted octanol–water partition coefficient (Wildman–Crippen LogP) is 4.76. The third-order valence-corrected chi connectivity index (χ3v) is 2.44. The van der Waals surface area contributed by atoms with Gasteiger partial charge in [0.15, 0.2) is 0 Å². The van der Waals surface area contributed by atoms with Crippen molar-refractivity contribution in [3.05, 3.63) is 42.0 Å². The Morgan fingerprint density at radius 3 is 2.12 bits per heavy atom. The van der Waals surface area contributed by atoms with Gasteiger partial charge in [0.05, 0.1) is 5.56 Å². The van der Waals surface area contributed by atoms with E-state index in [1.807, 2.05) is 20.8 Å². The van der Waals surface area contributed by atoms with Crippen molar-refractivity contribution in [3.63, 3.8) is 0 Å². The third kappa shape index (κ3) is 2.87. The van der Waals surface area contributed by atoms with E-state index < -0.39 is 11.7 Å². The second kappa shape index (κ2) is 3.96. The van der Waals surface area contributed by atoms with Crippen LogP contribution in [0, 0.1) is 5.41 Å². The molecule has 0 bridgehead atoms. The molecule has 0 radical (unpaired) electrons. The summed E-state index contributed by atoms with van der Waals surface area (Å²) in [5.41, 5.74) is 0.390. The van der Waals surface area contributed by atoms with E-state index in [0.29, 0.717) is 11.1 Å². The summed E-state index contributed by atoms with van der Waals surface area (Å²) in [5, 5.41) is 0. The maximum atomic E-state index is 12.5. The lowest BCUT2D eigenvalue weighted by Crippen LogP contribution is -2.09. The Bertz CT molecular complexity index is 394. The van der Waals surface area contributed by atoms with Crippen LogP contribution in [0.5, 0.6) is 0 Å². The molecule has 0 aromatic heterocycles. The van der Waals surface area contributed by atoms with Crippen molar-refractivity contribution in [2.24, 2.45) is 5.41 Å². The third-order valence-electron chi connectivity index (χ3n) is 2.44. The molecule has 1 aromatic carbocycles. The molecular weight excluding hydrogens is 213 g/mol. The van der Waals surface area contributed by atoms with Crippen LogP contribution in [0.15, 0.2) is 30.8 Å². The molecule has 3 heteroatoms. The average molecular weight is 228 g/mol. The molecular formula is C13H15F3. The lowest BCUT2D eigenvalue weighted by atomic mass is 9.83. The Hall–Kier alpha value is -1.25. The van der Waals surface area contributed by atoms with E-state index in [0.717, 1.165) is 12.1 Å². The fourth-order valence-corrected chi connectivity index (χ4v) is 1.32. The van der Waals surface area contributed by atoms with Gasteiger partial charge in [-0.2, -0.15) is 13.2 Å². The van der Waals surface area contributed by atoms with Gasteiger partial charge in [0.2, 0.25) is 0 Å². The minimum absolute atomic E-state index is 0.232. The monoisotopic (exact) mass is 228 g/mol. The van der Waals surface area contributed by atoms with Crippen LogP contribution in [0.4, 0.5) is 13.2 Å². The summed E-state index contributed by atoms with van der Waals surface area (Å²) in [6, 6.07) is 5.28. The van der Waals surface area contributed by atoms with Crippen molar-refractivity contribution in [2.45, 2.75) is 26.9 Å². The van der Waals surface area contributed by atoms with Crippen LogP contribution in [-0.4, -0.2) is 0 Å².